The van der Waals surface area contributed by atoms with Crippen LogP contribution in [0.1, 0.15) is 10.5 Å². The molecule has 0 aliphatic carbocycles. The normalized spacial score (nSPS) is 10.2. The highest BCUT2D eigenvalue weighted by Gasteiger charge is 2.20. The summed E-state index contributed by atoms with van der Waals surface area (Å²) in [6, 6.07) is 5.88. The van der Waals surface area contributed by atoms with Crippen LogP contribution in [0.3, 0.4) is 0 Å². The summed E-state index contributed by atoms with van der Waals surface area (Å²) in [7, 11) is 0. The summed E-state index contributed by atoms with van der Waals surface area (Å²) in [4.78, 5) is 22.2. The maximum absolute atomic E-state index is 12.0. The van der Waals surface area contributed by atoms with Crippen molar-refractivity contribution in [1.29, 1.82) is 0 Å². The molecule has 0 fully saturated rings. The number of aromatic nitrogens is 2. The number of benzene rings is 1. The Morgan fingerprint density at radius 1 is 1.37 bits per heavy atom. The number of hydrogen-bond acceptors (Lipinski definition) is 4. The van der Waals surface area contributed by atoms with Gasteiger partial charge in [0.15, 0.2) is 5.69 Å². The van der Waals surface area contributed by atoms with Gasteiger partial charge in [-0.15, -0.1) is 0 Å². The molecule has 0 saturated heterocycles. The van der Waals surface area contributed by atoms with Crippen LogP contribution < -0.4 is 5.32 Å². The molecule has 1 aromatic heterocycles. The first kappa shape index (κ1) is 13.7. The van der Waals surface area contributed by atoms with Gasteiger partial charge in [-0.05, 0) is 37.9 Å². The van der Waals surface area contributed by atoms with Crippen molar-refractivity contribution in [2.75, 3.05) is 5.32 Å². The number of carbonyl (C=O) groups excluding carboxylic acids is 1. The van der Waals surface area contributed by atoms with Crippen LogP contribution in [-0.4, -0.2) is 21.0 Å². The minimum atomic E-state index is -0.564. The van der Waals surface area contributed by atoms with Crippen molar-refractivity contribution < 1.29 is 9.72 Å². The van der Waals surface area contributed by atoms with Crippen molar-refractivity contribution in [3.05, 3.63) is 49.1 Å². The summed E-state index contributed by atoms with van der Waals surface area (Å²) in [6.45, 7) is 0. The number of anilines is 1. The lowest BCUT2D eigenvalue weighted by Gasteiger charge is -2.04. The van der Waals surface area contributed by atoms with Gasteiger partial charge >= 0.3 is 0 Å². The highest BCUT2D eigenvalue weighted by Crippen LogP contribution is 2.27. The Kier molecular flexibility index (Phi) is 3.96. The summed E-state index contributed by atoms with van der Waals surface area (Å²) in [6.07, 6.45) is 0. The predicted molar refractivity (Wildman–Crippen MR) is 75.0 cm³/mol. The first-order valence-electron chi connectivity index (χ1n) is 4.95. The third kappa shape index (κ3) is 2.82. The van der Waals surface area contributed by atoms with Crippen LogP contribution in [0, 0.1) is 10.1 Å². The Hall–Kier alpha value is -1.74. The highest BCUT2D eigenvalue weighted by atomic mass is 79.9. The molecule has 1 aromatic carbocycles. The van der Waals surface area contributed by atoms with E-state index in [1.54, 1.807) is 6.07 Å². The van der Waals surface area contributed by atoms with Crippen LogP contribution >= 0.6 is 31.9 Å². The number of amides is 1. The van der Waals surface area contributed by atoms with Crippen molar-refractivity contribution in [3.63, 3.8) is 0 Å². The van der Waals surface area contributed by atoms with Gasteiger partial charge in [-0.25, -0.2) is 0 Å². The molecule has 0 bridgehead atoms. The number of para-hydroxylation sites is 2. The average Bonchev–Trinajstić information content (AvgIpc) is 2.70. The molecule has 0 aliphatic rings. The Bertz CT molecular complexity index is 656. The number of nitro benzene ring substituents is 1. The number of hydrogen-bond donors (Lipinski definition) is 2. The van der Waals surface area contributed by atoms with Crippen LogP contribution in [0.2, 0.25) is 0 Å². The molecule has 0 radical (unpaired) electrons. The standard InChI is InChI=1S/C10H6Br2N4O3/c11-7-8(14-15-9(7)12)10(17)13-5-3-1-2-4-6(5)16(18)19/h1-4H,(H,13,17)(H,14,15). The molecule has 1 heterocycles. The average molecular weight is 390 g/mol. The minimum Gasteiger partial charge on any atom is -0.315 e. The molecule has 0 aliphatic heterocycles. The number of carbonyl (C=O) groups is 1. The fraction of sp³-hybridized carbons (Fsp3) is 0. The third-order valence-electron chi connectivity index (χ3n) is 2.23. The van der Waals surface area contributed by atoms with Crippen LogP contribution in [-0.2, 0) is 0 Å². The third-order valence-corrected chi connectivity index (χ3v) is 4.11. The van der Waals surface area contributed by atoms with E-state index >= 15 is 0 Å². The monoisotopic (exact) mass is 388 g/mol. The lowest BCUT2D eigenvalue weighted by molar-refractivity contribution is -0.383. The highest BCUT2D eigenvalue weighted by molar-refractivity contribution is 9.13. The van der Waals surface area contributed by atoms with E-state index in [1.165, 1.54) is 18.2 Å². The number of aromatic amines is 1. The first-order valence-corrected chi connectivity index (χ1v) is 6.53. The molecule has 2 N–H and O–H groups in total. The molecule has 2 rings (SSSR count). The van der Waals surface area contributed by atoms with Gasteiger partial charge in [-0.1, -0.05) is 12.1 Å². The lowest BCUT2D eigenvalue weighted by atomic mass is 10.2. The second kappa shape index (κ2) is 5.49. The lowest BCUT2D eigenvalue weighted by Crippen LogP contribution is -2.14. The Morgan fingerprint density at radius 2 is 2.05 bits per heavy atom. The fourth-order valence-electron chi connectivity index (χ4n) is 1.38. The van der Waals surface area contributed by atoms with Crippen molar-refractivity contribution in [2.24, 2.45) is 0 Å². The SMILES string of the molecule is O=C(Nc1ccccc1[N+](=O)[O-])c1n[nH]c(Br)c1Br. The van der Waals surface area contributed by atoms with E-state index in [4.69, 9.17) is 0 Å². The van der Waals surface area contributed by atoms with Crippen molar-refractivity contribution in [1.82, 2.24) is 10.2 Å². The van der Waals surface area contributed by atoms with E-state index in [9.17, 15) is 14.9 Å². The molecule has 0 atom stereocenters. The maximum Gasteiger partial charge on any atom is 0.292 e. The van der Waals surface area contributed by atoms with Crippen LogP contribution in [0.15, 0.2) is 33.3 Å². The van der Waals surface area contributed by atoms with Crippen LogP contribution in [0.4, 0.5) is 11.4 Å². The smallest absolute Gasteiger partial charge is 0.292 e. The van der Waals surface area contributed by atoms with E-state index in [2.05, 4.69) is 47.4 Å². The van der Waals surface area contributed by atoms with Gasteiger partial charge in [-0.3, -0.25) is 20.0 Å². The van der Waals surface area contributed by atoms with E-state index in [0.29, 0.717) is 9.08 Å². The van der Waals surface area contributed by atoms with E-state index < -0.39 is 10.8 Å². The predicted octanol–water partition coefficient (Wildman–Crippen LogP) is 3.10. The molecule has 1 amide bonds. The number of halogens is 2. The fourth-order valence-corrected chi connectivity index (χ4v) is 2.01. The number of nitrogens with one attached hydrogen (secondary N) is 2. The largest absolute Gasteiger partial charge is 0.315 e. The zero-order valence-corrected chi connectivity index (χ0v) is 12.4. The Labute approximate surface area is 123 Å². The van der Waals surface area contributed by atoms with Gasteiger partial charge in [0, 0.05) is 6.07 Å². The summed E-state index contributed by atoms with van der Waals surface area (Å²) < 4.78 is 0.962. The summed E-state index contributed by atoms with van der Waals surface area (Å²) >= 11 is 6.33. The molecule has 0 spiro atoms. The quantitative estimate of drug-likeness (QED) is 0.622. The van der Waals surface area contributed by atoms with Gasteiger partial charge in [0.05, 0.1) is 9.40 Å². The summed E-state index contributed by atoms with van der Waals surface area (Å²) in [5, 5.41) is 19.6. The Morgan fingerprint density at radius 3 is 2.63 bits per heavy atom. The number of rotatable bonds is 3. The first-order chi connectivity index (χ1) is 9.00. The second-order valence-electron chi connectivity index (χ2n) is 3.43. The van der Waals surface area contributed by atoms with E-state index in [0.717, 1.165) is 0 Å². The molecule has 9 heteroatoms. The van der Waals surface area contributed by atoms with Crippen molar-refractivity contribution in [2.45, 2.75) is 0 Å². The minimum absolute atomic E-state index is 0.102. The zero-order chi connectivity index (χ0) is 14.0. The molecule has 2 aromatic rings. The summed E-state index contributed by atoms with van der Waals surface area (Å²) in [5.41, 5.74) is 0.0372. The van der Waals surface area contributed by atoms with Crippen molar-refractivity contribution in [3.8, 4) is 0 Å². The van der Waals surface area contributed by atoms with Crippen LogP contribution in [0.5, 0.6) is 0 Å². The van der Waals surface area contributed by atoms with Gasteiger partial charge in [0.1, 0.15) is 10.3 Å². The second-order valence-corrected chi connectivity index (χ2v) is 5.01. The molecule has 0 unspecified atom stereocenters. The van der Waals surface area contributed by atoms with Crippen LogP contribution in [0.25, 0.3) is 0 Å². The topological polar surface area (TPSA) is 101 Å². The molecule has 0 saturated carbocycles. The zero-order valence-electron chi connectivity index (χ0n) is 9.18. The van der Waals surface area contributed by atoms with Crippen molar-refractivity contribution >= 4 is 49.1 Å². The van der Waals surface area contributed by atoms with Gasteiger partial charge in [-0.2, -0.15) is 5.10 Å². The molecule has 7 nitrogen and oxygen atoms in total. The maximum atomic E-state index is 12.0. The molecule has 98 valence electrons. The molecule has 19 heavy (non-hydrogen) atoms. The van der Waals surface area contributed by atoms with E-state index in [-0.39, 0.29) is 17.1 Å². The van der Waals surface area contributed by atoms with Gasteiger partial charge < -0.3 is 5.32 Å². The molecular formula is C10H6Br2N4O3. The summed E-state index contributed by atoms with van der Waals surface area (Å²) in [5.74, 6) is -0.553. The number of nitrogens with zero attached hydrogens (tertiary/aromatic N) is 2. The molecular weight excluding hydrogens is 384 g/mol. The van der Waals surface area contributed by atoms with Gasteiger partial charge in [0.2, 0.25) is 0 Å². The number of nitro groups is 1. The van der Waals surface area contributed by atoms with Gasteiger partial charge in [0.25, 0.3) is 11.6 Å². The Balaban J connectivity index is 2.29. The number of H-pyrrole nitrogens is 1. The van der Waals surface area contributed by atoms with E-state index in [1.807, 2.05) is 0 Å².